The zero-order valence-corrected chi connectivity index (χ0v) is 13.7. The zero-order valence-electron chi connectivity index (χ0n) is 11.7. The fourth-order valence-corrected chi connectivity index (χ4v) is 16.0. The minimum absolute atomic E-state index is 0.108. The van der Waals surface area contributed by atoms with Crippen molar-refractivity contribution in [2.24, 2.45) is 5.92 Å². The maximum atomic E-state index is 9.00. The van der Waals surface area contributed by atoms with Crippen molar-refractivity contribution in [1.82, 2.24) is 0 Å². The third-order valence-corrected chi connectivity index (χ3v) is 12.8. The molecular weight excluding hydrogens is 232 g/mol. The lowest BCUT2D eigenvalue weighted by molar-refractivity contribution is 0.143. The molecule has 0 spiro atoms. The molecular formula is C12H30O2Si2. The molecule has 0 amide bonds. The van der Waals surface area contributed by atoms with Crippen molar-refractivity contribution in [3.63, 3.8) is 0 Å². The molecule has 0 radical (unpaired) electrons. The molecule has 0 aliphatic rings. The summed E-state index contributed by atoms with van der Waals surface area (Å²) in [6.45, 7) is 12.6. The maximum Gasteiger partial charge on any atom is 0.0481 e. The van der Waals surface area contributed by atoms with Crippen molar-refractivity contribution in [3.05, 3.63) is 0 Å². The van der Waals surface area contributed by atoms with E-state index < -0.39 is 16.1 Å². The first kappa shape index (κ1) is 16.4. The molecule has 0 bridgehead atoms. The van der Waals surface area contributed by atoms with Gasteiger partial charge in [0.2, 0.25) is 0 Å². The fourth-order valence-electron chi connectivity index (χ4n) is 2.63. The lowest BCUT2D eigenvalue weighted by atomic mass is 10.1. The van der Waals surface area contributed by atoms with E-state index in [1.54, 1.807) is 0 Å². The molecule has 0 saturated heterocycles. The van der Waals surface area contributed by atoms with Gasteiger partial charge in [-0.3, -0.25) is 0 Å². The second kappa shape index (κ2) is 6.94. The van der Waals surface area contributed by atoms with Crippen molar-refractivity contribution in [2.75, 3.05) is 13.2 Å². The van der Waals surface area contributed by atoms with E-state index in [0.29, 0.717) is 0 Å². The van der Waals surface area contributed by atoms with Crippen molar-refractivity contribution >= 4 is 16.1 Å². The average Bonchev–Trinajstić information content (AvgIpc) is 2.08. The molecule has 0 aromatic rings. The largest absolute Gasteiger partial charge is 0.396 e. The van der Waals surface area contributed by atoms with Crippen molar-refractivity contribution < 1.29 is 10.2 Å². The molecule has 4 heteroatoms. The Morgan fingerprint density at radius 3 is 1.81 bits per heavy atom. The highest BCUT2D eigenvalue weighted by Crippen LogP contribution is 2.25. The SMILES string of the molecule is C[Si](C)(C)C[Si](C)(C)CCCC(CO)CO. The lowest BCUT2D eigenvalue weighted by Crippen LogP contribution is -2.37. The summed E-state index contributed by atoms with van der Waals surface area (Å²) in [5.41, 5.74) is 1.49. The van der Waals surface area contributed by atoms with Crippen molar-refractivity contribution in [3.8, 4) is 0 Å². The number of hydrogen-bond donors (Lipinski definition) is 2. The Kier molecular flexibility index (Phi) is 7.09. The van der Waals surface area contributed by atoms with Crippen LogP contribution in [0, 0.1) is 5.92 Å². The monoisotopic (exact) mass is 262 g/mol. The minimum Gasteiger partial charge on any atom is -0.396 e. The standard InChI is InChI=1S/C12H30O2Si2/c1-15(2,3)11-16(4,5)8-6-7-12(9-13)10-14/h12-14H,6-11H2,1-5H3. The molecule has 0 saturated carbocycles. The molecule has 0 unspecified atom stereocenters. The third-order valence-electron chi connectivity index (χ3n) is 2.99. The van der Waals surface area contributed by atoms with E-state index in [4.69, 9.17) is 10.2 Å². The van der Waals surface area contributed by atoms with Crippen LogP contribution in [0.4, 0.5) is 0 Å². The Hall–Kier alpha value is 0.354. The van der Waals surface area contributed by atoms with Gasteiger partial charge in [0.15, 0.2) is 0 Å². The fraction of sp³-hybridized carbons (Fsp3) is 1.00. The Bertz CT molecular complexity index is 184. The van der Waals surface area contributed by atoms with Gasteiger partial charge in [0.05, 0.1) is 0 Å². The Labute approximate surface area is 103 Å². The van der Waals surface area contributed by atoms with Crippen LogP contribution in [0.5, 0.6) is 0 Å². The smallest absolute Gasteiger partial charge is 0.0481 e. The van der Waals surface area contributed by atoms with Gasteiger partial charge < -0.3 is 10.2 Å². The minimum atomic E-state index is -1.03. The van der Waals surface area contributed by atoms with E-state index in [1.165, 1.54) is 18.1 Å². The van der Waals surface area contributed by atoms with Crippen LogP contribution in [-0.4, -0.2) is 39.6 Å². The summed E-state index contributed by atoms with van der Waals surface area (Å²) in [7, 11) is -1.96. The highest BCUT2D eigenvalue weighted by Gasteiger charge is 2.28. The van der Waals surface area contributed by atoms with Gasteiger partial charge in [0, 0.05) is 35.3 Å². The Morgan fingerprint density at radius 1 is 0.938 bits per heavy atom. The predicted molar refractivity (Wildman–Crippen MR) is 77.3 cm³/mol. The van der Waals surface area contributed by atoms with Crippen LogP contribution in [0.25, 0.3) is 0 Å². The predicted octanol–water partition coefficient (Wildman–Crippen LogP) is 2.95. The van der Waals surface area contributed by atoms with Gasteiger partial charge in [0.25, 0.3) is 0 Å². The van der Waals surface area contributed by atoms with E-state index in [2.05, 4.69) is 32.7 Å². The molecule has 0 aliphatic carbocycles. The molecule has 0 aliphatic heterocycles. The first-order chi connectivity index (χ1) is 7.20. The topological polar surface area (TPSA) is 40.5 Å². The summed E-state index contributed by atoms with van der Waals surface area (Å²) >= 11 is 0. The number of rotatable bonds is 8. The van der Waals surface area contributed by atoms with Gasteiger partial charge in [-0.25, -0.2) is 0 Å². The highest BCUT2D eigenvalue weighted by molar-refractivity contribution is 6.94. The first-order valence-corrected chi connectivity index (χ1v) is 13.5. The van der Waals surface area contributed by atoms with Crippen LogP contribution in [0.2, 0.25) is 44.4 Å². The number of hydrogen-bond acceptors (Lipinski definition) is 2. The summed E-state index contributed by atoms with van der Waals surface area (Å²) in [5, 5.41) is 18.0. The third kappa shape index (κ3) is 8.50. The highest BCUT2D eigenvalue weighted by atomic mass is 28.4. The van der Waals surface area contributed by atoms with E-state index >= 15 is 0 Å². The van der Waals surface area contributed by atoms with E-state index in [9.17, 15) is 0 Å². The van der Waals surface area contributed by atoms with Gasteiger partial charge in [-0.2, -0.15) is 0 Å². The lowest BCUT2D eigenvalue weighted by Gasteiger charge is -2.30. The molecule has 0 aromatic heterocycles. The molecule has 98 valence electrons. The van der Waals surface area contributed by atoms with Gasteiger partial charge >= 0.3 is 0 Å². The summed E-state index contributed by atoms with van der Waals surface area (Å²) < 4.78 is 0. The molecule has 0 atom stereocenters. The average molecular weight is 263 g/mol. The second-order valence-electron chi connectivity index (χ2n) is 7.03. The van der Waals surface area contributed by atoms with Gasteiger partial charge in [0.1, 0.15) is 0 Å². The zero-order chi connectivity index (χ0) is 12.8. The Morgan fingerprint density at radius 2 is 1.44 bits per heavy atom. The van der Waals surface area contributed by atoms with Crippen molar-refractivity contribution in [2.45, 2.75) is 57.3 Å². The van der Waals surface area contributed by atoms with Crippen LogP contribution >= 0.6 is 0 Å². The van der Waals surface area contributed by atoms with Gasteiger partial charge in [-0.1, -0.05) is 50.9 Å². The number of aliphatic hydroxyl groups is 2. The van der Waals surface area contributed by atoms with Crippen LogP contribution < -0.4 is 0 Å². The summed E-state index contributed by atoms with van der Waals surface area (Å²) in [5.74, 6) is 0.108. The summed E-state index contributed by atoms with van der Waals surface area (Å²) in [4.78, 5) is 0. The quantitative estimate of drug-likeness (QED) is 0.660. The second-order valence-corrected chi connectivity index (χ2v) is 18.4. The van der Waals surface area contributed by atoms with Crippen LogP contribution in [-0.2, 0) is 0 Å². The number of aliphatic hydroxyl groups excluding tert-OH is 2. The molecule has 0 rings (SSSR count). The normalized spacial score (nSPS) is 13.5. The maximum absolute atomic E-state index is 9.00. The molecule has 0 heterocycles. The van der Waals surface area contributed by atoms with E-state index in [-0.39, 0.29) is 19.1 Å². The van der Waals surface area contributed by atoms with Gasteiger partial charge in [-0.15, -0.1) is 0 Å². The first-order valence-electron chi connectivity index (χ1n) is 6.42. The van der Waals surface area contributed by atoms with E-state index in [1.807, 2.05) is 0 Å². The Balaban J connectivity index is 3.90. The van der Waals surface area contributed by atoms with Gasteiger partial charge in [-0.05, 0) is 6.42 Å². The van der Waals surface area contributed by atoms with Crippen molar-refractivity contribution in [1.29, 1.82) is 0 Å². The van der Waals surface area contributed by atoms with E-state index in [0.717, 1.165) is 6.42 Å². The van der Waals surface area contributed by atoms with Crippen LogP contribution in [0.1, 0.15) is 12.8 Å². The molecule has 0 aromatic carbocycles. The van der Waals surface area contributed by atoms with Crippen LogP contribution in [0.15, 0.2) is 0 Å². The molecule has 2 N–H and O–H groups in total. The van der Waals surface area contributed by atoms with Crippen LogP contribution in [0.3, 0.4) is 0 Å². The molecule has 16 heavy (non-hydrogen) atoms. The molecule has 0 fully saturated rings. The summed E-state index contributed by atoms with van der Waals surface area (Å²) in [6.07, 6.45) is 2.16. The summed E-state index contributed by atoms with van der Waals surface area (Å²) in [6, 6.07) is 1.34. The molecule has 2 nitrogen and oxygen atoms in total.